The molecule has 0 unspecified atom stereocenters. The van der Waals surface area contributed by atoms with Crippen LogP contribution < -0.4 is 0 Å². The third kappa shape index (κ3) is 2.53. The number of carbonyl (C=O) groups is 1. The van der Waals surface area contributed by atoms with Gasteiger partial charge in [0.05, 0.1) is 12.6 Å². The first-order chi connectivity index (χ1) is 10.1. The fourth-order valence-corrected chi connectivity index (χ4v) is 3.70. The normalized spacial score (nSPS) is 23.9. The number of hydrogen-bond donors (Lipinski definition) is 0. The summed E-state index contributed by atoms with van der Waals surface area (Å²) < 4.78 is 5.26. The Morgan fingerprint density at radius 2 is 2.14 bits per heavy atom. The largest absolute Gasteiger partial charge is 0.450 e. The van der Waals surface area contributed by atoms with E-state index < -0.39 is 0 Å². The van der Waals surface area contributed by atoms with Crippen molar-refractivity contribution >= 4 is 6.09 Å². The first-order valence-electron chi connectivity index (χ1n) is 7.82. The number of rotatable bonds is 2. The highest BCUT2D eigenvalue weighted by molar-refractivity contribution is 5.69. The first kappa shape index (κ1) is 14.4. The molecular formula is C17H24N2O2. The highest BCUT2D eigenvalue weighted by Crippen LogP contribution is 2.41. The molecule has 0 bridgehead atoms. The van der Waals surface area contributed by atoms with Crippen molar-refractivity contribution < 1.29 is 9.53 Å². The van der Waals surface area contributed by atoms with E-state index in [1.165, 1.54) is 16.7 Å². The molecule has 2 aliphatic rings. The first-order valence-corrected chi connectivity index (χ1v) is 7.82. The minimum absolute atomic E-state index is 0.164. The lowest BCUT2D eigenvalue weighted by atomic mass is 9.78. The second-order valence-electron chi connectivity index (χ2n) is 6.21. The Hall–Kier alpha value is -1.55. The van der Waals surface area contributed by atoms with Crippen LogP contribution in [0.3, 0.4) is 0 Å². The van der Waals surface area contributed by atoms with Crippen LogP contribution >= 0.6 is 0 Å². The van der Waals surface area contributed by atoms with Crippen LogP contribution in [0.4, 0.5) is 4.79 Å². The van der Waals surface area contributed by atoms with Gasteiger partial charge in [-0.05, 0) is 57.0 Å². The van der Waals surface area contributed by atoms with Crippen LogP contribution in [0.25, 0.3) is 0 Å². The lowest BCUT2D eigenvalue weighted by Crippen LogP contribution is -2.46. The van der Waals surface area contributed by atoms with E-state index in [-0.39, 0.29) is 12.1 Å². The fourth-order valence-electron chi connectivity index (χ4n) is 3.70. The molecule has 2 atom stereocenters. The Labute approximate surface area is 126 Å². The average molecular weight is 288 g/mol. The molecule has 1 aliphatic heterocycles. The molecule has 4 nitrogen and oxygen atoms in total. The van der Waals surface area contributed by atoms with Gasteiger partial charge in [-0.2, -0.15) is 0 Å². The number of amides is 1. The maximum Gasteiger partial charge on any atom is 0.410 e. The maximum absolute atomic E-state index is 12.3. The van der Waals surface area contributed by atoms with Gasteiger partial charge < -0.3 is 14.5 Å². The van der Waals surface area contributed by atoms with Crippen LogP contribution in [0, 0.1) is 0 Å². The number of ether oxygens (including phenoxy) is 1. The molecule has 1 aromatic carbocycles. The predicted molar refractivity (Wildman–Crippen MR) is 82.4 cm³/mol. The summed E-state index contributed by atoms with van der Waals surface area (Å²) >= 11 is 0. The summed E-state index contributed by atoms with van der Waals surface area (Å²) in [6, 6.07) is 7.24. The van der Waals surface area contributed by atoms with Crippen LogP contribution in [-0.2, 0) is 17.6 Å². The van der Waals surface area contributed by atoms with E-state index in [4.69, 9.17) is 4.74 Å². The molecule has 1 heterocycles. The summed E-state index contributed by atoms with van der Waals surface area (Å²) in [6.45, 7) is 3.07. The van der Waals surface area contributed by atoms with Crippen molar-refractivity contribution in [3.8, 4) is 0 Å². The molecule has 0 radical (unpaired) electrons. The van der Waals surface area contributed by atoms with Gasteiger partial charge in [0, 0.05) is 12.6 Å². The molecule has 1 amide bonds. The Morgan fingerprint density at radius 3 is 2.86 bits per heavy atom. The van der Waals surface area contributed by atoms with Crippen LogP contribution in [0.15, 0.2) is 18.2 Å². The monoisotopic (exact) mass is 288 g/mol. The molecule has 0 spiro atoms. The van der Waals surface area contributed by atoms with E-state index in [1.807, 2.05) is 11.8 Å². The Bertz CT molecular complexity index is 542. The second-order valence-corrected chi connectivity index (χ2v) is 6.21. The van der Waals surface area contributed by atoms with Gasteiger partial charge in [-0.25, -0.2) is 4.79 Å². The maximum atomic E-state index is 12.3. The van der Waals surface area contributed by atoms with Crippen molar-refractivity contribution in [2.75, 3.05) is 27.2 Å². The number of benzene rings is 1. The zero-order valence-corrected chi connectivity index (χ0v) is 13.1. The van der Waals surface area contributed by atoms with Crippen molar-refractivity contribution in [2.24, 2.45) is 0 Å². The minimum atomic E-state index is -0.164. The SMILES string of the molecule is CCOC(=O)N1CCc2cccc3c2[C@H]1C[C@H](N(C)C)C3. The highest BCUT2D eigenvalue weighted by Gasteiger charge is 2.38. The number of nitrogens with zero attached hydrogens (tertiary/aromatic N) is 2. The Kier molecular flexibility index (Phi) is 3.89. The molecule has 1 aliphatic carbocycles. The molecule has 0 aromatic heterocycles. The molecule has 0 saturated carbocycles. The molecule has 0 saturated heterocycles. The van der Waals surface area contributed by atoms with Crippen LogP contribution in [0.5, 0.6) is 0 Å². The van der Waals surface area contributed by atoms with E-state index in [2.05, 4.69) is 37.2 Å². The summed E-state index contributed by atoms with van der Waals surface area (Å²) in [5.41, 5.74) is 4.20. The summed E-state index contributed by atoms with van der Waals surface area (Å²) in [6.07, 6.45) is 2.84. The zero-order valence-electron chi connectivity index (χ0n) is 13.1. The van der Waals surface area contributed by atoms with Crippen molar-refractivity contribution in [3.63, 3.8) is 0 Å². The molecule has 0 N–H and O–H groups in total. The van der Waals surface area contributed by atoms with Crippen molar-refractivity contribution in [3.05, 3.63) is 34.9 Å². The second kappa shape index (κ2) is 5.68. The van der Waals surface area contributed by atoms with Gasteiger partial charge in [0.1, 0.15) is 0 Å². The summed E-state index contributed by atoms with van der Waals surface area (Å²) in [5, 5.41) is 0. The van der Waals surface area contributed by atoms with E-state index in [1.54, 1.807) is 0 Å². The summed E-state index contributed by atoms with van der Waals surface area (Å²) in [7, 11) is 4.24. The van der Waals surface area contributed by atoms with Gasteiger partial charge in [-0.1, -0.05) is 18.2 Å². The predicted octanol–water partition coefficient (Wildman–Crippen LogP) is 2.62. The lowest BCUT2D eigenvalue weighted by Gasteiger charge is -2.44. The van der Waals surface area contributed by atoms with Crippen molar-refractivity contribution in [1.29, 1.82) is 0 Å². The number of likely N-dealkylation sites (N-methyl/N-ethyl adjacent to an activating group) is 1. The van der Waals surface area contributed by atoms with Gasteiger partial charge in [0.25, 0.3) is 0 Å². The van der Waals surface area contributed by atoms with Gasteiger partial charge in [0.2, 0.25) is 0 Å². The molecule has 114 valence electrons. The van der Waals surface area contributed by atoms with Gasteiger partial charge in [-0.3, -0.25) is 0 Å². The van der Waals surface area contributed by atoms with E-state index in [0.29, 0.717) is 12.6 Å². The highest BCUT2D eigenvalue weighted by atomic mass is 16.6. The van der Waals surface area contributed by atoms with Gasteiger partial charge in [0.15, 0.2) is 0 Å². The van der Waals surface area contributed by atoms with Gasteiger partial charge in [-0.15, -0.1) is 0 Å². The molecule has 1 aromatic rings. The minimum Gasteiger partial charge on any atom is -0.450 e. The van der Waals surface area contributed by atoms with Crippen LogP contribution in [0.2, 0.25) is 0 Å². The third-order valence-corrected chi connectivity index (χ3v) is 4.80. The third-order valence-electron chi connectivity index (χ3n) is 4.80. The fraction of sp³-hybridized carbons (Fsp3) is 0.588. The van der Waals surface area contributed by atoms with Crippen molar-refractivity contribution in [1.82, 2.24) is 9.80 Å². The van der Waals surface area contributed by atoms with Crippen molar-refractivity contribution in [2.45, 2.75) is 38.3 Å². The standard InChI is InChI=1S/C17H24N2O2/c1-4-21-17(20)19-9-8-12-6-5-7-13-10-14(18(2)3)11-15(19)16(12)13/h5-7,14-15H,4,8-11H2,1-3H3/t14-,15-/m1/s1. The lowest BCUT2D eigenvalue weighted by molar-refractivity contribution is 0.0731. The molecular weight excluding hydrogens is 264 g/mol. The molecule has 4 heteroatoms. The van der Waals surface area contributed by atoms with Crippen LogP contribution in [0.1, 0.15) is 36.1 Å². The smallest absolute Gasteiger partial charge is 0.410 e. The number of hydrogen-bond acceptors (Lipinski definition) is 3. The van der Waals surface area contributed by atoms with E-state index in [0.717, 1.165) is 25.8 Å². The quantitative estimate of drug-likeness (QED) is 0.838. The Balaban J connectivity index is 1.98. The summed E-state index contributed by atoms with van der Waals surface area (Å²) in [5.74, 6) is 0. The molecule has 0 fully saturated rings. The topological polar surface area (TPSA) is 32.8 Å². The Morgan fingerprint density at radius 1 is 1.38 bits per heavy atom. The zero-order chi connectivity index (χ0) is 15.0. The molecule has 21 heavy (non-hydrogen) atoms. The van der Waals surface area contributed by atoms with Gasteiger partial charge >= 0.3 is 6.09 Å². The summed E-state index contributed by atoms with van der Waals surface area (Å²) in [4.78, 5) is 16.5. The average Bonchev–Trinajstić information content (AvgIpc) is 2.47. The molecule has 3 rings (SSSR count). The van der Waals surface area contributed by atoms with Crippen LogP contribution in [-0.4, -0.2) is 49.2 Å². The number of carbonyl (C=O) groups excluding carboxylic acids is 1. The van der Waals surface area contributed by atoms with E-state index >= 15 is 0 Å². The van der Waals surface area contributed by atoms with E-state index in [9.17, 15) is 4.79 Å².